The van der Waals surface area contributed by atoms with Gasteiger partial charge in [-0.2, -0.15) is 5.10 Å². The molecule has 0 fully saturated rings. The van der Waals surface area contributed by atoms with Crippen LogP contribution in [0.15, 0.2) is 48.5 Å². The fraction of sp³-hybridized carbons (Fsp3) is 0.238. The molecule has 0 aliphatic heterocycles. The number of methoxy groups -OCH3 is 1. The molecule has 1 amide bonds. The van der Waals surface area contributed by atoms with Gasteiger partial charge in [-0.05, 0) is 36.8 Å². The number of ether oxygens (including phenoxy) is 1. The van der Waals surface area contributed by atoms with Crippen LogP contribution < -0.4 is 5.32 Å². The summed E-state index contributed by atoms with van der Waals surface area (Å²) in [4.78, 5) is 24.6. The van der Waals surface area contributed by atoms with Crippen molar-refractivity contribution in [1.82, 2.24) is 20.1 Å². The first kappa shape index (κ1) is 21.4. The average Bonchev–Trinajstić information content (AvgIpc) is 3.08. The molecule has 7 nitrogen and oxygen atoms in total. The predicted octanol–water partition coefficient (Wildman–Crippen LogP) is 3.48. The molecular formula is C21H21FN4O3S. The SMILES string of the molecule is COC(=O)CC(NC(=O)Cn1c(-c2ccc(C)cc2)n[nH]c1=S)c1ccc(F)cc1. The zero-order chi connectivity index (χ0) is 21.7. The van der Waals surface area contributed by atoms with Crippen LogP contribution in [0.2, 0.25) is 0 Å². The Morgan fingerprint density at radius 2 is 1.87 bits per heavy atom. The summed E-state index contributed by atoms with van der Waals surface area (Å²) in [5.74, 6) is -0.750. The normalized spacial score (nSPS) is 11.7. The summed E-state index contributed by atoms with van der Waals surface area (Å²) in [6.45, 7) is 1.88. The number of rotatable bonds is 7. The molecule has 0 radical (unpaired) electrons. The monoisotopic (exact) mass is 428 g/mol. The fourth-order valence-corrected chi connectivity index (χ4v) is 3.16. The molecule has 1 atom stereocenters. The number of aromatic nitrogens is 3. The number of halogens is 1. The lowest BCUT2D eigenvalue weighted by molar-refractivity contribution is -0.141. The lowest BCUT2D eigenvalue weighted by Crippen LogP contribution is -2.33. The highest BCUT2D eigenvalue weighted by Gasteiger charge is 2.20. The number of hydrogen-bond donors (Lipinski definition) is 2. The second kappa shape index (κ2) is 9.45. The molecule has 3 rings (SSSR count). The van der Waals surface area contributed by atoms with E-state index >= 15 is 0 Å². The van der Waals surface area contributed by atoms with Crippen LogP contribution in [0.4, 0.5) is 4.39 Å². The van der Waals surface area contributed by atoms with E-state index in [1.54, 1.807) is 4.57 Å². The summed E-state index contributed by atoms with van der Waals surface area (Å²) in [7, 11) is 1.27. The molecule has 3 aromatic rings. The molecule has 0 aliphatic rings. The molecule has 0 saturated carbocycles. The van der Waals surface area contributed by atoms with Crippen LogP contribution in [0.5, 0.6) is 0 Å². The van der Waals surface area contributed by atoms with Gasteiger partial charge in [0.2, 0.25) is 5.91 Å². The average molecular weight is 428 g/mol. The summed E-state index contributed by atoms with van der Waals surface area (Å²) in [5.41, 5.74) is 2.50. The molecule has 1 heterocycles. The van der Waals surface area contributed by atoms with Gasteiger partial charge in [-0.3, -0.25) is 19.3 Å². The highest BCUT2D eigenvalue weighted by Crippen LogP contribution is 2.20. The van der Waals surface area contributed by atoms with Crippen molar-refractivity contribution in [3.8, 4) is 11.4 Å². The lowest BCUT2D eigenvalue weighted by atomic mass is 10.0. The van der Waals surface area contributed by atoms with Crippen LogP contribution in [-0.4, -0.2) is 33.8 Å². The van der Waals surface area contributed by atoms with E-state index in [0.29, 0.717) is 16.2 Å². The molecule has 1 aromatic heterocycles. The number of aromatic amines is 1. The minimum absolute atomic E-state index is 0.0878. The van der Waals surface area contributed by atoms with Crippen molar-refractivity contribution in [2.45, 2.75) is 25.9 Å². The largest absolute Gasteiger partial charge is 0.469 e. The highest BCUT2D eigenvalue weighted by molar-refractivity contribution is 7.71. The Bertz CT molecular complexity index is 1090. The molecule has 0 bridgehead atoms. The number of H-pyrrole nitrogens is 1. The number of esters is 1. The summed E-state index contributed by atoms with van der Waals surface area (Å²) in [5, 5.41) is 9.74. The number of nitrogens with zero attached hydrogens (tertiary/aromatic N) is 2. The maximum Gasteiger partial charge on any atom is 0.307 e. The van der Waals surface area contributed by atoms with Crippen LogP contribution in [0.3, 0.4) is 0 Å². The smallest absolute Gasteiger partial charge is 0.307 e. The van der Waals surface area contributed by atoms with Gasteiger partial charge < -0.3 is 10.1 Å². The third-order valence-corrected chi connectivity index (χ3v) is 4.89. The third kappa shape index (κ3) is 5.18. The van der Waals surface area contributed by atoms with Crippen LogP contribution in [0.1, 0.15) is 23.6 Å². The van der Waals surface area contributed by atoms with E-state index in [4.69, 9.17) is 17.0 Å². The van der Waals surface area contributed by atoms with Gasteiger partial charge in [0.15, 0.2) is 10.6 Å². The number of hydrogen-bond acceptors (Lipinski definition) is 5. The number of aryl methyl sites for hydroxylation is 1. The van der Waals surface area contributed by atoms with Crippen molar-refractivity contribution in [2.24, 2.45) is 0 Å². The zero-order valence-electron chi connectivity index (χ0n) is 16.5. The minimum atomic E-state index is -0.672. The molecule has 1 unspecified atom stereocenters. The van der Waals surface area contributed by atoms with E-state index in [1.807, 2.05) is 31.2 Å². The molecular weight excluding hydrogens is 407 g/mol. The summed E-state index contributed by atoms with van der Waals surface area (Å²) >= 11 is 5.28. The van der Waals surface area contributed by atoms with Crippen LogP contribution in [-0.2, 0) is 20.9 Å². The Labute approximate surface area is 177 Å². The number of amides is 1. The van der Waals surface area contributed by atoms with Gasteiger partial charge in [0.25, 0.3) is 0 Å². The minimum Gasteiger partial charge on any atom is -0.469 e. The van der Waals surface area contributed by atoms with Crippen molar-refractivity contribution in [2.75, 3.05) is 7.11 Å². The number of carbonyl (C=O) groups is 2. The van der Waals surface area contributed by atoms with Gasteiger partial charge >= 0.3 is 5.97 Å². The van der Waals surface area contributed by atoms with Gasteiger partial charge in [0, 0.05) is 5.56 Å². The summed E-state index contributed by atoms with van der Waals surface area (Å²) < 4.78 is 19.9. The second-order valence-corrected chi connectivity index (χ2v) is 7.14. The van der Waals surface area contributed by atoms with Crippen molar-refractivity contribution < 1.29 is 18.7 Å². The van der Waals surface area contributed by atoms with Gasteiger partial charge in [-0.25, -0.2) is 4.39 Å². The molecule has 9 heteroatoms. The molecule has 0 aliphatic carbocycles. The van der Waals surface area contributed by atoms with E-state index in [9.17, 15) is 14.0 Å². The highest BCUT2D eigenvalue weighted by atomic mass is 32.1. The molecule has 156 valence electrons. The maximum absolute atomic E-state index is 13.3. The van der Waals surface area contributed by atoms with Crippen molar-refractivity contribution in [1.29, 1.82) is 0 Å². The topological polar surface area (TPSA) is 89.0 Å². The van der Waals surface area contributed by atoms with Crippen LogP contribution in [0, 0.1) is 17.5 Å². The Morgan fingerprint density at radius 1 is 1.20 bits per heavy atom. The molecule has 0 spiro atoms. The maximum atomic E-state index is 13.3. The predicted molar refractivity (Wildman–Crippen MR) is 112 cm³/mol. The van der Waals surface area contributed by atoms with E-state index in [-0.39, 0.29) is 18.9 Å². The molecule has 30 heavy (non-hydrogen) atoms. The van der Waals surface area contributed by atoms with Crippen LogP contribution in [0.25, 0.3) is 11.4 Å². The van der Waals surface area contributed by atoms with E-state index < -0.39 is 17.8 Å². The molecule has 0 saturated heterocycles. The Balaban J connectivity index is 1.81. The van der Waals surface area contributed by atoms with Crippen LogP contribution >= 0.6 is 12.2 Å². The zero-order valence-corrected chi connectivity index (χ0v) is 17.3. The second-order valence-electron chi connectivity index (χ2n) is 6.76. The fourth-order valence-electron chi connectivity index (χ4n) is 2.97. The Kier molecular flexibility index (Phi) is 6.73. The van der Waals surface area contributed by atoms with E-state index in [1.165, 1.54) is 31.4 Å². The molecule has 2 N–H and O–H groups in total. The van der Waals surface area contributed by atoms with Crippen molar-refractivity contribution in [3.05, 3.63) is 70.2 Å². The van der Waals surface area contributed by atoms with Gasteiger partial charge in [-0.1, -0.05) is 42.0 Å². The van der Waals surface area contributed by atoms with E-state index in [0.717, 1.165) is 11.1 Å². The first-order valence-corrected chi connectivity index (χ1v) is 9.62. The quantitative estimate of drug-likeness (QED) is 0.444. The number of carbonyl (C=O) groups excluding carboxylic acids is 2. The Hall–Kier alpha value is -3.33. The van der Waals surface area contributed by atoms with Crippen molar-refractivity contribution >= 4 is 24.1 Å². The standard InChI is InChI=1S/C21H21FN4O3S/c1-13-3-5-15(6-4-13)20-24-25-21(30)26(20)12-18(27)23-17(11-19(28)29-2)14-7-9-16(22)10-8-14/h3-10,17H,11-12H2,1-2H3,(H,23,27)(H,25,30). The molecule has 2 aromatic carbocycles. The van der Waals surface area contributed by atoms with Gasteiger partial charge in [0.1, 0.15) is 12.4 Å². The number of benzene rings is 2. The third-order valence-electron chi connectivity index (χ3n) is 4.58. The van der Waals surface area contributed by atoms with Crippen molar-refractivity contribution in [3.63, 3.8) is 0 Å². The van der Waals surface area contributed by atoms with Gasteiger partial charge in [0.05, 0.1) is 19.6 Å². The van der Waals surface area contributed by atoms with Gasteiger partial charge in [-0.15, -0.1) is 0 Å². The Morgan fingerprint density at radius 3 is 2.50 bits per heavy atom. The first-order chi connectivity index (χ1) is 14.4. The summed E-state index contributed by atoms with van der Waals surface area (Å²) in [6, 6.07) is 12.6. The van der Waals surface area contributed by atoms with E-state index in [2.05, 4.69) is 15.5 Å². The first-order valence-electron chi connectivity index (χ1n) is 9.21. The summed E-state index contributed by atoms with van der Waals surface area (Å²) in [6.07, 6.45) is -0.0878. The number of nitrogens with one attached hydrogen (secondary N) is 2. The lowest BCUT2D eigenvalue weighted by Gasteiger charge is -2.19.